The third kappa shape index (κ3) is 4.00. The molecule has 3 rings (SSSR count). The molecule has 0 aliphatic rings. The second-order valence-electron chi connectivity index (χ2n) is 6.77. The van der Waals surface area contributed by atoms with E-state index in [4.69, 9.17) is 4.74 Å². The van der Waals surface area contributed by atoms with Gasteiger partial charge in [0, 0.05) is 17.7 Å². The third-order valence-electron chi connectivity index (χ3n) is 4.46. The summed E-state index contributed by atoms with van der Waals surface area (Å²) in [6.07, 6.45) is 0.0833. The van der Waals surface area contributed by atoms with E-state index >= 15 is 0 Å². The second-order valence-corrected chi connectivity index (χ2v) is 6.77. The first-order valence-electron chi connectivity index (χ1n) is 8.85. The summed E-state index contributed by atoms with van der Waals surface area (Å²) in [5, 5.41) is 2.12. The number of benzene rings is 2. The van der Waals surface area contributed by atoms with Crippen LogP contribution in [0.15, 0.2) is 52.1 Å². The van der Waals surface area contributed by atoms with Crippen LogP contribution in [0.5, 0.6) is 0 Å². The molecule has 27 heavy (non-hydrogen) atoms. The topological polar surface area (TPSA) is 81.2 Å². The van der Waals surface area contributed by atoms with Gasteiger partial charge in [-0.3, -0.25) is 19.1 Å². The second kappa shape index (κ2) is 7.61. The van der Waals surface area contributed by atoms with Crippen molar-refractivity contribution in [1.82, 2.24) is 9.55 Å². The molecule has 0 saturated heterocycles. The van der Waals surface area contributed by atoms with E-state index in [9.17, 15) is 14.4 Å². The molecule has 0 saturated carbocycles. The number of rotatable bonds is 5. The van der Waals surface area contributed by atoms with Crippen LogP contribution in [0.3, 0.4) is 0 Å². The molecule has 6 nitrogen and oxygen atoms in total. The number of nitrogens with zero attached hydrogens (tertiary/aromatic N) is 1. The molecule has 6 heteroatoms. The summed E-state index contributed by atoms with van der Waals surface area (Å²) in [4.78, 5) is 38.9. The van der Waals surface area contributed by atoms with Crippen molar-refractivity contribution < 1.29 is 9.53 Å². The van der Waals surface area contributed by atoms with Crippen molar-refractivity contribution in [2.45, 2.75) is 39.8 Å². The minimum Gasteiger partial charge on any atom is -0.462 e. The Balaban J connectivity index is 2.10. The van der Waals surface area contributed by atoms with Crippen molar-refractivity contribution in [3.05, 3.63) is 80.1 Å². The third-order valence-corrected chi connectivity index (χ3v) is 4.46. The van der Waals surface area contributed by atoms with E-state index < -0.39 is 17.2 Å². The van der Waals surface area contributed by atoms with E-state index in [1.165, 1.54) is 4.57 Å². The monoisotopic (exact) mass is 366 g/mol. The minimum absolute atomic E-state index is 0.241. The van der Waals surface area contributed by atoms with Gasteiger partial charge in [0.15, 0.2) is 0 Å². The van der Waals surface area contributed by atoms with Crippen molar-refractivity contribution in [3.8, 4) is 0 Å². The van der Waals surface area contributed by atoms with E-state index in [2.05, 4.69) is 4.98 Å². The summed E-state index contributed by atoms with van der Waals surface area (Å²) in [6.45, 7) is 4.91. The van der Waals surface area contributed by atoms with Crippen LogP contribution in [-0.4, -0.2) is 21.6 Å². The number of hydrogen-bond donors (Lipinski definition) is 1. The van der Waals surface area contributed by atoms with Gasteiger partial charge in [0.1, 0.15) is 6.54 Å². The zero-order chi connectivity index (χ0) is 19.6. The predicted molar refractivity (Wildman–Crippen MR) is 104 cm³/mol. The molecular weight excluding hydrogens is 344 g/mol. The van der Waals surface area contributed by atoms with E-state index in [-0.39, 0.29) is 12.6 Å². The predicted octanol–water partition coefficient (Wildman–Crippen LogP) is 2.54. The average Bonchev–Trinajstić information content (AvgIpc) is 2.62. The van der Waals surface area contributed by atoms with Crippen molar-refractivity contribution in [1.29, 1.82) is 0 Å². The van der Waals surface area contributed by atoms with Crippen molar-refractivity contribution in [2.24, 2.45) is 0 Å². The lowest BCUT2D eigenvalue weighted by Crippen LogP contribution is -2.37. The van der Waals surface area contributed by atoms with Gasteiger partial charge in [-0.05, 0) is 37.1 Å². The molecule has 0 aliphatic heterocycles. The summed E-state index contributed by atoms with van der Waals surface area (Å²) in [5.41, 5.74) is 0.859. The average molecular weight is 366 g/mol. The molecule has 1 N–H and O–H groups in total. The molecule has 3 aromatic rings. The number of aromatic amines is 1. The quantitative estimate of drug-likeness (QED) is 0.704. The fraction of sp³-hybridized carbons (Fsp3) is 0.286. The van der Waals surface area contributed by atoms with Gasteiger partial charge in [0.2, 0.25) is 0 Å². The maximum atomic E-state index is 12.4. The SMILES string of the molecule is Cc1c(Cc2cccc3ccccc23)n(CC(=O)OC(C)C)c(=O)[nH]c1=O. The maximum absolute atomic E-state index is 12.4. The smallest absolute Gasteiger partial charge is 0.329 e. The molecule has 1 heterocycles. The van der Waals surface area contributed by atoms with Gasteiger partial charge in [0.25, 0.3) is 5.56 Å². The van der Waals surface area contributed by atoms with E-state index in [1.807, 2.05) is 42.5 Å². The molecule has 0 atom stereocenters. The number of nitrogens with one attached hydrogen (secondary N) is 1. The Labute approximate surface area is 156 Å². The van der Waals surface area contributed by atoms with Crippen LogP contribution < -0.4 is 11.2 Å². The van der Waals surface area contributed by atoms with Crippen LogP contribution in [0.4, 0.5) is 0 Å². The largest absolute Gasteiger partial charge is 0.462 e. The highest BCUT2D eigenvalue weighted by atomic mass is 16.5. The molecule has 0 amide bonds. The molecule has 0 aliphatic carbocycles. The first-order valence-corrected chi connectivity index (χ1v) is 8.85. The number of hydrogen-bond acceptors (Lipinski definition) is 4. The number of aromatic nitrogens is 2. The van der Waals surface area contributed by atoms with Crippen LogP contribution in [0.1, 0.15) is 30.7 Å². The summed E-state index contributed by atoms with van der Waals surface area (Å²) < 4.78 is 6.46. The Morgan fingerprint density at radius 3 is 2.56 bits per heavy atom. The number of ether oxygens (including phenoxy) is 1. The van der Waals surface area contributed by atoms with Gasteiger partial charge in [-0.2, -0.15) is 0 Å². The van der Waals surface area contributed by atoms with Gasteiger partial charge < -0.3 is 4.74 Å². The Hall–Kier alpha value is -3.15. The summed E-state index contributed by atoms with van der Waals surface area (Å²) in [6, 6.07) is 13.8. The molecule has 0 radical (unpaired) electrons. The number of esters is 1. The number of fused-ring (bicyclic) bond motifs is 1. The first kappa shape index (κ1) is 18.6. The molecule has 0 unspecified atom stereocenters. The van der Waals surface area contributed by atoms with Gasteiger partial charge in [-0.25, -0.2) is 4.79 Å². The molecule has 2 aromatic carbocycles. The van der Waals surface area contributed by atoms with E-state index in [0.29, 0.717) is 17.7 Å². The highest BCUT2D eigenvalue weighted by molar-refractivity contribution is 5.85. The molecular formula is C21H22N2O4. The van der Waals surface area contributed by atoms with E-state index in [1.54, 1.807) is 20.8 Å². The molecule has 0 spiro atoms. The molecule has 1 aromatic heterocycles. The fourth-order valence-corrected chi connectivity index (χ4v) is 3.17. The van der Waals surface area contributed by atoms with Crippen LogP contribution in [0.25, 0.3) is 10.8 Å². The zero-order valence-electron chi connectivity index (χ0n) is 15.6. The van der Waals surface area contributed by atoms with E-state index in [0.717, 1.165) is 16.3 Å². The van der Waals surface area contributed by atoms with Crippen LogP contribution in [0, 0.1) is 6.92 Å². The highest BCUT2D eigenvalue weighted by Crippen LogP contribution is 2.21. The van der Waals surface area contributed by atoms with Gasteiger partial charge in [-0.1, -0.05) is 42.5 Å². The van der Waals surface area contributed by atoms with Gasteiger partial charge >= 0.3 is 11.7 Å². The standard InChI is InChI=1S/C21H22N2O4/c1-13(2)27-19(24)12-23-18(14(3)20(25)22-21(23)26)11-16-9-6-8-15-7-4-5-10-17(15)16/h4-10,13H,11-12H2,1-3H3,(H,22,25,26). The Kier molecular flexibility index (Phi) is 5.26. The van der Waals surface area contributed by atoms with Gasteiger partial charge in [0.05, 0.1) is 6.10 Å². The Morgan fingerprint density at radius 2 is 1.81 bits per heavy atom. The molecule has 140 valence electrons. The summed E-state index contributed by atoms with van der Waals surface area (Å²) >= 11 is 0. The van der Waals surface area contributed by atoms with Crippen LogP contribution >= 0.6 is 0 Å². The van der Waals surface area contributed by atoms with Crippen LogP contribution in [-0.2, 0) is 22.5 Å². The molecule has 0 bridgehead atoms. The summed E-state index contributed by atoms with van der Waals surface area (Å²) in [5.74, 6) is -0.516. The Bertz CT molecular complexity index is 1100. The first-order chi connectivity index (χ1) is 12.9. The van der Waals surface area contributed by atoms with Crippen LogP contribution in [0.2, 0.25) is 0 Å². The normalized spacial score (nSPS) is 11.1. The lowest BCUT2D eigenvalue weighted by molar-refractivity contribution is -0.148. The highest BCUT2D eigenvalue weighted by Gasteiger charge is 2.17. The molecule has 0 fully saturated rings. The van der Waals surface area contributed by atoms with Gasteiger partial charge in [-0.15, -0.1) is 0 Å². The zero-order valence-corrected chi connectivity index (χ0v) is 15.6. The van der Waals surface area contributed by atoms with Crippen molar-refractivity contribution in [2.75, 3.05) is 0 Å². The maximum Gasteiger partial charge on any atom is 0.329 e. The number of H-pyrrole nitrogens is 1. The van der Waals surface area contributed by atoms with Crippen molar-refractivity contribution >= 4 is 16.7 Å². The lowest BCUT2D eigenvalue weighted by Gasteiger charge is -2.16. The summed E-state index contributed by atoms with van der Waals surface area (Å²) in [7, 11) is 0. The number of carbonyl (C=O) groups excluding carboxylic acids is 1. The number of carbonyl (C=O) groups is 1. The lowest BCUT2D eigenvalue weighted by atomic mass is 9.99. The Morgan fingerprint density at radius 1 is 1.11 bits per heavy atom. The van der Waals surface area contributed by atoms with Crippen molar-refractivity contribution in [3.63, 3.8) is 0 Å². The minimum atomic E-state index is -0.610. The fourth-order valence-electron chi connectivity index (χ4n) is 3.17.